The topological polar surface area (TPSA) is 73.2 Å². The summed E-state index contributed by atoms with van der Waals surface area (Å²) in [5.74, 6) is 0.758. The van der Waals surface area contributed by atoms with E-state index in [0.717, 1.165) is 25.1 Å². The molecule has 6 nitrogen and oxygen atoms in total. The molecule has 0 saturated heterocycles. The van der Waals surface area contributed by atoms with Crippen LogP contribution in [0.3, 0.4) is 0 Å². The lowest BCUT2D eigenvalue weighted by Crippen LogP contribution is -2.13. The number of benzene rings is 1. The number of fused-ring (bicyclic) bond motifs is 1. The molecule has 0 atom stereocenters. The number of ether oxygens (including phenoxy) is 1. The molecule has 0 unspecified atom stereocenters. The molecule has 1 N–H and O–H groups in total. The Hall–Kier alpha value is -1.73. The average molecular weight is 328 g/mol. The minimum absolute atomic E-state index is 0.0708. The van der Waals surface area contributed by atoms with Gasteiger partial charge in [-0.15, -0.1) is 0 Å². The molecule has 1 aliphatic heterocycles. The molecule has 1 aliphatic rings. The first kappa shape index (κ1) is 14.2. The molecule has 0 radical (unpaired) electrons. The van der Waals surface area contributed by atoms with E-state index in [1.54, 1.807) is 6.07 Å². The quantitative estimate of drug-likeness (QED) is 0.935. The number of anilines is 1. The second-order valence-electron chi connectivity index (χ2n) is 4.75. The summed E-state index contributed by atoms with van der Waals surface area (Å²) in [6.45, 7) is 0.825. The van der Waals surface area contributed by atoms with Crippen molar-refractivity contribution >= 4 is 27.4 Å². The highest BCUT2D eigenvalue weighted by molar-refractivity contribution is 7.92. The number of sulfonamides is 1. The fourth-order valence-corrected chi connectivity index (χ4v) is 3.66. The summed E-state index contributed by atoms with van der Waals surface area (Å²) < 4.78 is 33.9. The minimum Gasteiger partial charge on any atom is -0.495 e. The van der Waals surface area contributed by atoms with E-state index < -0.39 is 10.0 Å². The standard InChI is InChI=1S/C13H14ClN3O3S/c1-20-12-5-4-10(8-11(12)14)21(18,19)16-13-7-9-3-2-6-17(9)15-13/h4-5,7-8H,2-3,6H2,1H3,(H,15,16). The third-order valence-corrected chi connectivity index (χ3v) is 4.99. The molecule has 1 aromatic carbocycles. The molecule has 8 heteroatoms. The summed E-state index contributed by atoms with van der Waals surface area (Å²) in [5, 5.41) is 4.47. The van der Waals surface area contributed by atoms with Crippen molar-refractivity contribution in [1.82, 2.24) is 9.78 Å². The Morgan fingerprint density at radius 2 is 2.19 bits per heavy atom. The van der Waals surface area contributed by atoms with Crippen LogP contribution in [0, 0.1) is 0 Å². The Morgan fingerprint density at radius 3 is 2.86 bits per heavy atom. The van der Waals surface area contributed by atoms with E-state index in [9.17, 15) is 8.42 Å². The van der Waals surface area contributed by atoms with Crippen LogP contribution in [0.15, 0.2) is 29.2 Å². The van der Waals surface area contributed by atoms with Gasteiger partial charge in [-0.25, -0.2) is 8.42 Å². The van der Waals surface area contributed by atoms with E-state index in [2.05, 4.69) is 9.82 Å². The van der Waals surface area contributed by atoms with E-state index in [1.807, 2.05) is 4.68 Å². The first-order chi connectivity index (χ1) is 9.99. The van der Waals surface area contributed by atoms with Gasteiger partial charge < -0.3 is 4.74 Å². The molecule has 0 bridgehead atoms. The van der Waals surface area contributed by atoms with Gasteiger partial charge in [-0.1, -0.05) is 11.6 Å². The zero-order valence-corrected chi connectivity index (χ0v) is 12.9. The average Bonchev–Trinajstić information content (AvgIpc) is 2.99. The van der Waals surface area contributed by atoms with Crippen LogP contribution in [0.1, 0.15) is 12.1 Å². The highest BCUT2D eigenvalue weighted by Crippen LogP contribution is 2.28. The lowest BCUT2D eigenvalue weighted by Gasteiger charge is -2.08. The molecule has 0 fully saturated rings. The first-order valence-electron chi connectivity index (χ1n) is 6.43. The Labute approximate surface area is 127 Å². The van der Waals surface area contributed by atoms with E-state index in [4.69, 9.17) is 16.3 Å². The van der Waals surface area contributed by atoms with Crippen LogP contribution in [0.5, 0.6) is 5.75 Å². The van der Waals surface area contributed by atoms with Crippen molar-refractivity contribution in [1.29, 1.82) is 0 Å². The smallest absolute Gasteiger partial charge is 0.263 e. The molecule has 1 aromatic heterocycles. The SMILES string of the molecule is COc1ccc(S(=O)(=O)Nc2cc3n(n2)CCC3)cc1Cl. The molecule has 0 saturated carbocycles. The molecule has 21 heavy (non-hydrogen) atoms. The number of aromatic nitrogens is 2. The van der Waals surface area contributed by atoms with Crippen LogP contribution < -0.4 is 9.46 Å². The number of nitrogens with one attached hydrogen (secondary N) is 1. The third-order valence-electron chi connectivity index (χ3n) is 3.34. The van der Waals surface area contributed by atoms with E-state index in [0.29, 0.717) is 11.6 Å². The monoisotopic (exact) mass is 327 g/mol. The Kier molecular flexibility index (Phi) is 3.54. The van der Waals surface area contributed by atoms with Crippen LogP contribution >= 0.6 is 11.6 Å². The van der Waals surface area contributed by atoms with Crippen molar-refractivity contribution < 1.29 is 13.2 Å². The van der Waals surface area contributed by atoms with Crippen LogP contribution in [-0.4, -0.2) is 25.3 Å². The maximum absolute atomic E-state index is 12.3. The second-order valence-corrected chi connectivity index (χ2v) is 6.84. The summed E-state index contributed by atoms with van der Waals surface area (Å²) in [4.78, 5) is 0.0708. The van der Waals surface area contributed by atoms with Gasteiger partial charge in [-0.3, -0.25) is 9.40 Å². The van der Waals surface area contributed by atoms with Gasteiger partial charge in [-0.2, -0.15) is 5.10 Å². The normalized spacial score (nSPS) is 14.0. The summed E-state index contributed by atoms with van der Waals surface area (Å²) in [6.07, 6.45) is 1.96. The van der Waals surface area contributed by atoms with Gasteiger partial charge in [0.1, 0.15) is 5.75 Å². The van der Waals surface area contributed by atoms with Crippen LogP contribution in [0.25, 0.3) is 0 Å². The zero-order chi connectivity index (χ0) is 15.0. The predicted octanol–water partition coefficient (Wildman–Crippen LogP) is 2.29. The fourth-order valence-electron chi connectivity index (χ4n) is 2.32. The summed E-state index contributed by atoms with van der Waals surface area (Å²) in [6, 6.07) is 6.07. The van der Waals surface area contributed by atoms with E-state index in [-0.39, 0.29) is 9.92 Å². The van der Waals surface area contributed by atoms with Crippen molar-refractivity contribution in [2.75, 3.05) is 11.8 Å². The highest BCUT2D eigenvalue weighted by Gasteiger charge is 2.20. The van der Waals surface area contributed by atoms with Gasteiger partial charge in [-0.05, 0) is 31.0 Å². The lowest BCUT2D eigenvalue weighted by atomic mass is 10.3. The maximum atomic E-state index is 12.3. The third kappa shape index (κ3) is 2.71. The van der Waals surface area contributed by atoms with Crippen molar-refractivity contribution in [2.45, 2.75) is 24.3 Å². The van der Waals surface area contributed by atoms with Crippen LogP contribution in [0.2, 0.25) is 5.02 Å². The predicted molar refractivity (Wildman–Crippen MR) is 79.4 cm³/mol. The van der Waals surface area contributed by atoms with Gasteiger partial charge in [0.05, 0.1) is 17.0 Å². The number of nitrogens with zero attached hydrogens (tertiary/aromatic N) is 2. The largest absolute Gasteiger partial charge is 0.495 e. The summed E-state index contributed by atoms with van der Waals surface area (Å²) in [5.41, 5.74) is 1.04. The number of hydrogen-bond acceptors (Lipinski definition) is 4. The van der Waals surface area contributed by atoms with Crippen molar-refractivity contribution in [2.24, 2.45) is 0 Å². The Morgan fingerprint density at radius 1 is 1.38 bits per heavy atom. The highest BCUT2D eigenvalue weighted by atomic mass is 35.5. The van der Waals surface area contributed by atoms with Crippen molar-refractivity contribution in [3.63, 3.8) is 0 Å². The molecule has 3 rings (SSSR count). The van der Waals surface area contributed by atoms with Gasteiger partial charge in [0.15, 0.2) is 5.82 Å². The number of hydrogen-bond donors (Lipinski definition) is 1. The maximum Gasteiger partial charge on any atom is 0.263 e. The van der Waals surface area contributed by atoms with Crippen molar-refractivity contribution in [3.05, 3.63) is 35.0 Å². The zero-order valence-electron chi connectivity index (χ0n) is 11.3. The number of methoxy groups -OCH3 is 1. The second kappa shape index (κ2) is 5.23. The molecule has 0 aliphatic carbocycles. The lowest BCUT2D eigenvalue weighted by molar-refractivity contribution is 0.414. The molecule has 2 aromatic rings. The molecule has 0 amide bonds. The van der Waals surface area contributed by atoms with Gasteiger partial charge in [0, 0.05) is 18.3 Å². The number of aryl methyl sites for hydroxylation is 2. The summed E-state index contributed by atoms with van der Waals surface area (Å²) in [7, 11) is -2.24. The van der Waals surface area contributed by atoms with E-state index >= 15 is 0 Å². The number of halogens is 1. The van der Waals surface area contributed by atoms with Crippen molar-refractivity contribution in [3.8, 4) is 5.75 Å². The molecular weight excluding hydrogens is 314 g/mol. The summed E-state index contributed by atoms with van der Waals surface area (Å²) >= 11 is 5.96. The number of rotatable bonds is 4. The van der Waals surface area contributed by atoms with Gasteiger partial charge in [0.25, 0.3) is 10.0 Å². The first-order valence-corrected chi connectivity index (χ1v) is 8.29. The molecule has 0 spiro atoms. The molecule has 2 heterocycles. The fraction of sp³-hybridized carbons (Fsp3) is 0.308. The van der Waals surface area contributed by atoms with Crippen LogP contribution in [-0.2, 0) is 23.0 Å². The molecular formula is C13H14ClN3O3S. The van der Waals surface area contributed by atoms with Gasteiger partial charge >= 0.3 is 0 Å². The van der Waals surface area contributed by atoms with Gasteiger partial charge in [0.2, 0.25) is 0 Å². The minimum atomic E-state index is -3.71. The Balaban J connectivity index is 1.87. The van der Waals surface area contributed by atoms with E-state index in [1.165, 1.54) is 25.3 Å². The van der Waals surface area contributed by atoms with Crippen LogP contribution in [0.4, 0.5) is 5.82 Å². The molecule has 112 valence electrons. The Bertz CT molecular complexity index is 764.